The van der Waals surface area contributed by atoms with Gasteiger partial charge in [-0.3, -0.25) is 9.59 Å². The Bertz CT molecular complexity index is 902. The molecule has 158 valence electrons. The molecule has 1 fully saturated rings. The highest BCUT2D eigenvalue weighted by Gasteiger charge is 2.32. The summed E-state index contributed by atoms with van der Waals surface area (Å²) >= 11 is 0. The van der Waals surface area contributed by atoms with Gasteiger partial charge in [0.05, 0.1) is 13.1 Å². The van der Waals surface area contributed by atoms with Crippen LogP contribution in [0.15, 0.2) is 48.5 Å². The van der Waals surface area contributed by atoms with Gasteiger partial charge in [0.15, 0.2) is 11.5 Å². The van der Waals surface area contributed by atoms with E-state index in [0.717, 1.165) is 16.9 Å². The van der Waals surface area contributed by atoms with Crippen molar-refractivity contribution in [3.05, 3.63) is 59.7 Å². The molecule has 0 saturated carbocycles. The fourth-order valence-corrected chi connectivity index (χ4v) is 3.77. The molecule has 7 heteroatoms. The molecular weight excluding hydrogens is 384 g/mol. The first-order valence-electron chi connectivity index (χ1n) is 10.2. The van der Waals surface area contributed by atoms with E-state index in [0.29, 0.717) is 38.2 Å². The Morgan fingerprint density at radius 1 is 1.00 bits per heavy atom. The summed E-state index contributed by atoms with van der Waals surface area (Å²) in [4.78, 5) is 25.8. The molecule has 0 aliphatic carbocycles. The minimum atomic E-state index is -0.266. The smallest absolute Gasteiger partial charge is 0.231 e. The second-order valence-corrected chi connectivity index (χ2v) is 7.52. The van der Waals surface area contributed by atoms with Gasteiger partial charge in [-0.05, 0) is 29.7 Å². The third-order valence-corrected chi connectivity index (χ3v) is 5.33. The number of benzene rings is 2. The summed E-state index contributed by atoms with van der Waals surface area (Å²) in [6.07, 6.45) is 0.517. The van der Waals surface area contributed by atoms with Crippen molar-refractivity contribution in [3.63, 3.8) is 0 Å². The van der Waals surface area contributed by atoms with Crippen molar-refractivity contribution in [3.8, 4) is 11.5 Å². The highest BCUT2D eigenvalue weighted by molar-refractivity contribution is 5.76. The zero-order valence-corrected chi connectivity index (χ0v) is 17.0. The minimum absolute atomic E-state index is 0.0651. The fraction of sp³-hybridized carbons (Fsp3) is 0.391. The van der Waals surface area contributed by atoms with E-state index in [1.165, 1.54) is 6.92 Å². The fourth-order valence-electron chi connectivity index (χ4n) is 3.77. The number of rotatable bonds is 6. The first-order valence-corrected chi connectivity index (χ1v) is 10.2. The Labute approximate surface area is 175 Å². The maximum atomic E-state index is 12.9. The number of amides is 2. The maximum Gasteiger partial charge on any atom is 0.231 e. The van der Waals surface area contributed by atoms with Crippen LogP contribution in [0.4, 0.5) is 0 Å². The molecular formula is C23H26N2O5. The Hall–Kier alpha value is -3.06. The van der Waals surface area contributed by atoms with Gasteiger partial charge in [-0.2, -0.15) is 0 Å². The van der Waals surface area contributed by atoms with E-state index in [4.69, 9.17) is 14.2 Å². The van der Waals surface area contributed by atoms with Crippen molar-refractivity contribution >= 4 is 11.8 Å². The van der Waals surface area contributed by atoms with Gasteiger partial charge in [0.1, 0.15) is 12.2 Å². The van der Waals surface area contributed by atoms with E-state index in [-0.39, 0.29) is 30.8 Å². The van der Waals surface area contributed by atoms with Crippen molar-refractivity contribution in [2.75, 3.05) is 26.4 Å². The Balaban J connectivity index is 1.50. The van der Waals surface area contributed by atoms with Crippen LogP contribution >= 0.6 is 0 Å². The number of carbonyl (C=O) groups excluding carboxylic acids is 2. The second-order valence-electron chi connectivity index (χ2n) is 7.52. The van der Waals surface area contributed by atoms with E-state index in [1.54, 1.807) is 0 Å². The minimum Gasteiger partial charge on any atom is -0.454 e. The Kier molecular flexibility index (Phi) is 6.18. The quantitative estimate of drug-likeness (QED) is 0.741. The predicted octanol–water partition coefficient (Wildman–Crippen LogP) is 2.97. The zero-order valence-electron chi connectivity index (χ0n) is 17.0. The summed E-state index contributed by atoms with van der Waals surface area (Å²) in [6.45, 7) is 3.17. The molecule has 2 heterocycles. The molecule has 2 aliphatic rings. The number of ether oxygens (including phenoxy) is 3. The molecule has 0 radical (unpaired) electrons. The number of fused-ring (bicyclic) bond motifs is 1. The molecule has 0 bridgehead atoms. The number of nitrogens with zero attached hydrogens (tertiary/aromatic N) is 1. The third kappa shape index (κ3) is 4.74. The predicted molar refractivity (Wildman–Crippen MR) is 110 cm³/mol. The van der Waals surface area contributed by atoms with Crippen molar-refractivity contribution in [2.24, 2.45) is 0 Å². The molecule has 2 aromatic rings. The normalized spacial score (nSPS) is 20.1. The molecule has 0 aromatic heterocycles. The summed E-state index contributed by atoms with van der Waals surface area (Å²) in [5.41, 5.74) is 2.00. The van der Waals surface area contributed by atoms with Gasteiger partial charge in [-0.1, -0.05) is 36.4 Å². The second kappa shape index (κ2) is 9.17. The van der Waals surface area contributed by atoms with Crippen molar-refractivity contribution in [1.29, 1.82) is 0 Å². The monoisotopic (exact) mass is 410 g/mol. The molecule has 30 heavy (non-hydrogen) atoms. The SMILES string of the molecule is CC(=O)NCCCC(=O)N1C[C@@H](c2ccccc2)O[C@@H](c2ccc3c(c2)OCO3)C1. The summed E-state index contributed by atoms with van der Waals surface area (Å²) in [7, 11) is 0. The molecule has 1 N–H and O–H groups in total. The lowest BCUT2D eigenvalue weighted by Gasteiger charge is -2.38. The average molecular weight is 410 g/mol. The molecule has 2 atom stereocenters. The van der Waals surface area contributed by atoms with Crippen LogP contribution in [0.1, 0.15) is 43.1 Å². The number of hydrogen-bond acceptors (Lipinski definition) is 5. The van der Waals surface area contributed by atoms with Gasteiger partial charge in [0.2, 0.25) is 18.6 Å². The van der Waals surface area contributed by atoms with Crippen LogP contribution in [0.5, 0.6) is 11.5 Å². The molecule has 2 aromatic carbocycles. The van der Waals surface area contributed by atoms with Crippen LogP contribution in [0.3, 0.4) is 0 Å². The van der Waals surface area contributed by atoms with Crippen LogP contribution in [-0.2, 0) is 14.3 Å². The first-order chi connectivity index (χ1) is 14.6. The summed E-state index contributed by atoms with van der Waals surface area (Å²) < 4.78 is 17.3. The highest BCUT2D eigenvalue weighted by Crippen LogP contribution is 2.38. The number of nitrogens with one attached hydrogen (secondary N) is 1. The van der Waals surface area contributed by atoms with Crippen molar-refractivity contribution in [1.82, 2.24) is 10.2 Å². The lowest BCUT2D eigenvalue weighted by Crippen LogP contribution is -2.43. The Morgan fingerprint density at radius 2 is 1.73 bits per heavy atom. The third-order valence-electron chi connectivity index (χ3n) is 5.33. The van der Waals surface area contributed by atoms with Gasteiger partial charge < -0.3 is 24.4 Å². The topological polar surface area (TPSA) is 77.1 Å². The van der Waals surface area contributed by atoms with Crippen molar-refractivity contribution in [2.45, 2.75) is 32.0 Å². The molecule has 7 nitrogen and oxygen atoms in total. The zero-order chi connectivity index (χ0) is 20.9. The summed E-state index contributed by atoms with van der Waals surface area (Å²) in [6, 6.07) is 15.7. The lowest BCUT2D eigenvalue weighted by molar-refractivity contribution is -0.147. The largest absolute Gasteiger partial charge is 0.454 e. The average Bonchev–Trinajstić information content (AvgIpc) is 3.24. The van der Waals surface area contributed by atoms with Gasteiger partial charge in [-0.25, -0.2) is 0 Å². The molecule has 2 amide bonds. The van der Waals surface area contributed by atoms with E-state index in [1.807, 2.05) is 53.4 Å². The van der Waals surface area contributed by atoms with Crippen LogP contribution in [0, 0.1) is 0 Å². The van der Waals surface area contributed by atoms with Gasteiger partial charge in [0.25, 0.3) is 0 Å². The lowest BCUT2D eigenvalue weighted by atomic mass is 10.0. The Morgan fingerprint density at radius 3 is 2.50 bits per heavy atom. The maximum absolute atomic E-state index is 12.9. The number of hydrogen-bond donors (Lipinski definition) is 1. The number of morpholine rings is 1. The summed E-state index contributed by atoms with van der Waals surface area (Å²) in [5.74, 6) is 1.40. The van der Waals surface area contributed by atoms with Crippen LogP contribution in [-0.4, -0.2) is 43.1 Å². The first kappa shape index (κ1) is 20.2. The molecule has 0 spiro atoms. The van der Waals surface area contributed by atoms with Crippen LogP contribution < -0.4 is 14.8 Å². The molecule has 1 saturated heterocycles. The van der Waals surface area contributed by atoms with Crippen molar-refractivity contribution < 1.29 is 23.8 Å². The van der Waals surface area contributed by atoms with E-state index in [2.05, 4.69) is 5.32 Å². The highest BCUT2D eigenvalue weighted by atomic mass is 16.7. The number of carbonyl (C=O) groups is 2. The van der Waals surface area contributed by atoms with Gasteiger partial charge in [-0.15, -0.1) is 0 Å². The van der Waals surface area contributed by atoms with E-state index >= 15 is 0 Å². The van der Waals surface area contributed by atoms with Crippen LogP contribution in [0.2, 0.25) is 0 Å². The molecule has 4 rings (SSSR count). The standard InChI is InChI=1S/C23H26N2O5/c1-16(26)24-11-5-8-23(27)25-13-21(17-6-3-2-4-7-17)30-22(14-25)18-9-10-19-20(12-18)29-15-28-19/h2-4,6-7,9-10,12,21-22H,5,8,11,13-15H2,1H3,(H,24,26)/t21-,22+/m0/s1. The van der Waals surface area contributed by atoms with Gasteiger partial charge in [0, 0.05) is 19.9 Å². The van der Waals surface area contributed by atoms with E-state index < -0.39 is 0 Å². The van der Waals surface area contributed by atoms with Crippen LogP contribution in [0.25, 0.3) is 0 Å². The molecule has 0 unspecified atom stereocenters. The molecule has 2 aliphatic heterocycles. The summed E-state index contributed by atoms with van der Waals surface area (Å²) in [5, 5.41) is 2.74. The van der Waals surface area contributed by atoms with Gasteiger partial charge >= 0.3 is 0 Å². The van der Waals surface area contributed by atoms with E-state index in [9.17, 15) is 9.59 Å².